The Hall–Kier alpha value is -2.13. The maximum atomic E-state index is 12.9. The van der Waals surface area contributed by atoms with Crippen molar-refractivity contribution >= 4 is 5.97 Å². The topological polar surface area (TPSA) is 29.5 Å². The summed E-state index contributed by atoms with van der Waals surface area (Å²) in [5, 5.41) is 0. The Morgan fingerprint density at radius 1 is 1.04 bits per heavy atom. The van der Waals surface area contributed by atoms with Gasteiger partial charge >= 0.3 is 5.97 Å². The summed E-state index contributed by atoms with van der Waals surface area (Å²) in [7, 11) is 0. The first-order chi connectivity index (χ1) is 13.3. The molecule has 3 atom stereocenters. The summed E-state index contributed by atoms with van der Waals surface area (Å²) in [5.41, 5.74) is 2.12. The highest BCUT2D eigenvalue weighted by molar-refractivity contribution is 5.74. The number of ether oxygens (including phenoxy) is 1. The molecule has 1 fully saturated rings. The van der Waals surface area contributed by atoms with Crippen LogP contribution in [0, 0.1) is 5.92 Å². The van der Waals surface area contributed by atoms with Gasteiger partial charge in [0.25, 0.3) is 0 Å². The van der Waals surface area contributed by atoms with E-state index in [1.165, 1.54) is 11.1 Å². The van der Waals surface area contributed by atoms with Crippen LogP contribution in [0.1, 0.15) is 64.1 Å². The van der Waals surface area contributed by atoms with Crippen LogP contribution < -0.4 is 0 Å². The van der Waals surface area contributed by atoms with Crippen molar-refractivity contribution in [3.8, 4) is 0 Å². The summed E-state index contributed by atoms with van der Waals surface area (Å²) in [5.74, 6) is -0.109. The molecule has 0 heterocycles. The van der Waals surface area contributed by atoms with Crippen molar-refractivity contribution in [1.82, 2.24) is 4.90 Å². The second kappa shape index (κ2) is 8.91. The minimum Gasteiger partial charge on any atom is -0.460 e. The minimum atomic E-state index is -0.445. The number of carbonyl (C=O) groups is 1. The van der Waals surface area contributed by atoms with Crippen LogP contribution in [0.5, 0.6) is 0 Å². The largest absolute Gasteiger partial charge is 0.460 e. The number of esters is 1. The number of nitrogens with zero attached hydrogens (tertiary/aromatic N) is 1. The molecular formula is C25H33NO2. The van der Waals surface area contributed by atoms with Crippen molar-refractivity contribution in [2.24, 2.45) is 5.92 Å². The Morgan fingerprint density at radius 2 is 1.64 bits per heavy atom. The molecule has 0 radical (unpaired) electrons. The van der Waals surface area contributed by atoms with E-state index in [1.54, 1.807) is 0 Å². The van der Waals surface area contributed by atoms with Gasteiger partial charge in [-0.3, -0.25) is 9.69 Å². The fourth-order valence-corrected chi connectivity index (χ4v) is 4.25. The summed E-state index contributed by atoms with van der Waals surface area (Å²) < 4.78 is 5.77. The molecule has 2 aromatic carbocycles. The first-order valence-electron chi connectivity index (χ1n) is 10.4. The highest BCUT2D eigenvalue weighted by Crippen LogP contribution is 2.37. The van der Waals surface area contributed by atoms with Gasteiger partial charge in [-0.1, -0.05) is 67.1 Å². The Kier molecular flexibility index (Phi) is 6.56. The third-order valence-electron chi connectivity index (χ3n) is 5.60. The van der Waals surface area contributed by atoms with Crippen LogP contribution in [0.2, 0.25) is 0 Å². The predicted molar refractivity (Wildman–Crippen MR) is 114 cm³/mol. The standard InChI is InChI=1S/C25H33NO2/c1-19(21-14-9-6-10-15-21)26(18-20-12-7-5-8-13-20)23-17-11-16-22(23)24(27)28-25(2,3)4/h5-10,12-15,19,22-23H,11,16-18H2,1-4H3/t19-,22+,23-/m1/s1. The van der Waals surface area contributed by atoms with Crippen molar-refractivity contribution < 1.29 is 9.53 Å². The maximum absolute atomic E-state index is 12.9. The molecule has 0 saturated heterocycles. The number of hydrogen-bond donors (Lipinski definition) is 0. The van der Waals surface area contributed by atoms with Gasteiger partial charge < -0.3 is 4.74 Å². The summed E-state index contributed by atoms with van der Waals surface area (Å²) >= 11 is 0. The van der Waals surface area contributed by atoms with Crippen molar-refractivity contribution in [2.75, 3.05) is 0 Å². The van der Waals surface area contributed by atoms with E-state index in [0.29, 0.717) is 0 Å². The van der Waals surface area contributed by atoms with E-state index in [0.717, 1.165) is 25.8 Å². The van der Waals surface area contributed by atoms with Crippen molar-refractivity contribution in [3.63, 3.8) is 0 Å². The molecule has 3 heteroatoms. The third kappa shape index (κ3) is 5.23. The molecule has 0 amide bonds. The number of benzene rings is 2. The highest BCUT2D eigenvalue weighted by atomic mass is 16.6. The van der Waals surface area contributed by atoms with Crippen LogP contribution in [0.25, 0.3) is 0 Å². The maximum Gasteiger partial charge on any atom is 0.311 e. The van der Waals surface area contributed by atoms with Gasteiger partial charge in [-0.05, 0) is 51.7 Å². The van der Waals surface area contributed by atoms with E-state index in [1.807, 2.05) is 26.8 Å². The van der Waals surface area contributed by atoms with E-state index in [4.69, 9.17) is 4.74 Å². The molecule has 0 spiro atoms. The van der Waals surface area contributed by atoms with Gasteiger partial charge in [0.05, 0.1) is 5.92 Å². The zero-order valence-electron chi connectivity index (χ0n) is 17.6. The fourth-order valence-electron chi connectivity index (χ4n) is 4.25. The SMILES string of the molecule is C[C@H](c1ccccc1)N(Cc1ccccc1)[C@@H]1CCC[C@@H]1C(=O)OC(C)(C)C. The third-order valence-corrected chi connectivity index (χ3v) is 5.60. The Labute approximate surface area is 169 Å². The first kappa shape index (κ1) is 20.6. The van der Waals surface area contributed by atoms with Crippen molar-refractivity contribution in [2.45, 2.75) is 71.2 Å². The number of hydrogen-bond acceptors (Lipinski definition) is 3. The average molecular weight is 380 g/mol. The molecule has 2 aromatic rings. The van der Waals surface area contributed by atoms with Crippen LogP contribution in [-0.2, 0) is 16.1 Å². The zero-order valence-corrected chi connectivity index (χ0v) is 17.6. The normalized spacial score (nSPS) is 20.9. The van der Waals surface area contributed by atoms with Gasteiger partial charge in [-0.15, -0.1) is 0 Å². The lowest BCUT2D eigenvalue weighted by Crippen LogP contribution is -2.43. The molecule has 0 N–H and O–H groups in total. The van der Waals surface area contributed by atoms with Crippen LogP contribution in [-0.4, -0.2) is 22.5 Å². The smallest absolute Gasteiger partial charge is 0.311 e. The molecule has 1 aliphatic carbocycles. The first-order valence-corrected chi connectivity index (χ1v) is 10.4. The van der Waals surface area contributed by atoms with Gasteiger partial charge in [0, 0.05) is 18.6 Å². The van der Waals surface area contributed by atoms with Crippen LogP contribution in [0.3, 0.4) is 0 Å². The van der Waals surface area contributed by atoms with Crippen LogP contribution in [0.4, 0.5) is 0 Å². The quantitative estimate of drug-likeness (QED) is 0.598. The van der Waals surface area contributed by atoms with Gasteiger partial charge in [0.15, 0.2) is 0 Å². The van der Waals surface area contributed by atoms with E-state index >= 15 is 0 Å². The summed E-state index contributed by atoms with van der Waals surface area (Å²) in [6, 6.07) is 21.6. The van der Waals surface area contributed by atoms with Crippen LogP contribution in [0.15, 0.2) is 60.7 Å². The summed E-state index contributed by atoms with van der Waals surface area (Å²) in [6.45, 7) is 8.93. The van der Waals surface area contributed by atoms with E-state index < -0.39 is 5.60 Å². The second-order valence-electron chi connectivity index (χ2n) is 8.88. The van der Waals surface area contributed by atoms with Gasteiger partial charge in [0.1, 0.15) is 5.60 Å². The molecule has 0 aliphatic heterocycles. The molecule has 28 heavy (non-hydrogen) atoms. The van der Waals surface area contributed by atoms with E-state index in [9.17, 15) is 4.79 Å². The molecule has 3 rings (SSSR count). The summed E-state index contributed by atoms with van der Waals surface area (Å²) in [6.07, 6.45) is 3.02. The van der Waals surface area contributed by atoms with Crippen LogP contribution >= 0.6 is 0 Å². The molecule has 0 unspecified atom stereocenters. The second-order valence-corrected chi connectivity index (χ2v) is 8.88. The highest BCUT2D eigenvalue weighted by Gasteiger charge is 2.40. The lowest BCUT2D eigenvalue weighted by molar-refractivity contribution is -0.162. The lowest BCUT2D eigenvalue weighted by atomic mass is 9.96. The van der Waals surface area contributed by atoms with Gasteiger partial charge in [0.2, 0.25) is 0 Å². The minimum absolute atomic E-state index is 0.0478. The fraction of sp³-hybridized carbons (Fsp3) is 0.480. The number of carbonyl (C=O) groups excluding carboxylic acids is 1. The molecule has 0 bridgehead atoms. The summed E-state index contributed by atoms with van der Waals surface area (Å²) in [4.78, 5) is 15.4. The Morgan fingerprint density at radius 3 is 2.25 bits per heavy atom. The van der Waals surface area contributed by atoms with Crippen molar-refractivity contribution in [3.05, 3.63) is 71.8 Å². The molecular weight excluding hydrogens is 346 g/mol. The molecule has 3 nitrogen and oxygen atoms in total. The molecule has 150 valence electrons. The van der Waals surface area contributed by atoms with E-state index in [2.05, 4.69) is 66.4 Å². The molecule has 0 aromatic heterocycles. The van der Waals surface area contributed by atoms with Gasteiger partial charge in [-0.25, -0.2) is 0 Å². The van der Waals surface area contributed by atoms with Crippen molar-refractivity contribution in [1.29, 1.82) is 0 Å². The predicted octanol–water partition coefficient (Wildman–Crippen LogP) is 5.76. The Bertz CT molecular complexity index is 751. The molecule has 1 aliphatic rings. The average Bonchev–Trinajstić information content (AvgIpc) is 3.15. The Balaban J connectivity index is 1.87. The lowest BCUT2D eigenvalue weighted by Gasteiger charge is -2.38. The molecule has 1 saturated carbocycles. The van der Waals surface area contributed by atoms with E-state index in [-0.39, 0.29) is 24.0 Å². The zero-order chi connectivity index (χ0) is 20.1. The number of rotatable bonds is 6. The monoisotopic (exact) mass is 379 g/mol. The van der Waals surface area contributed by atoms with Gasteiger partial charge in [-0.2, -0.15) is 0 Å².